The molecule has 0 aliphatic rings. The quantitative estimate of drug-likeness (QED) is 0.735. The van der Waals surface area contributed by atoms with Crippen LogP contribution in [0.5, 0.6) is 11.5 Å². The lowest BCUT2D eigenvalue weighted by Crippen LogP contribution is -2.38. The summed E-state index contributed by atoms with van der Waals surface area (Å²) in [5, 5.41) is 2.60. The Labute approximate surface area is 157 Å². The Morgan fingerprint density at radius 1 is 1.07 bits per heavy atom. The maximum atomic E-state index is 12.9. The molecule has 0 aliphatic heterocycles. The number of sulfonamides is 1. The van der Waals surface area contributed by atoms with E-state index in [1.807, 2.05) is 0 Å². The van der Waals surface area contributed by atoms with Crippen molar-refractivity contribution in [3.8, 4) is 11.5 Å². The number of hydrogen-bond acceptors (Lipinski definition) is 5. The first kappa shape index (κ1) is 20.7. The first-order valence-corrected chi connectivity index (χ1v) is 9.41. The van der Waals surface area contributed by atoms with E-state index in [2.05, 4.69) is 5.32 Å². The molecule has 2 aromatic rings. The van der Waals surface area contributed by atoms with Gasteiger partial charge in [0.05, 0.1) is 25.7 Å². The molecule has 0 heterocycles. The average molecular weight is 396 g/mol. The van der Waals surface area contributed by atoms with Crippen LogP contribution in [-0.2, 0) is 21.4 Å². The van der Waals surface area contributed by atoms with E-state index in [-0.39, 0.29) is 29.6 Å². The number of methoxy groups -OCH3 is 2. The van der Waals surface area contributed by atoms with Gasteiger partial charge in [-0.2, -0.15) is 4.31 Å². The Balaban J connectivity index is 2.03. The minimum Gasteiger partial charge on any atom is -0.493 e. The highest BCUT2D eigenvalue weighted by atomic mass is 32.2. The molecule has 0 unspecified atom stereocenters. The minimum atomic E-state index is -3.89. The molecular weight excluding hydrogens is 375 g/mol. The van der Waals surface area contributed by atoms with Crippen LogP contribution in [0.3, 0.4) is 0 Å². The third kappa shape index (κ3) is 5.18. The lowest BCUT2D eigenvalue weighted by Gasteiger charge is -2.18. The topological polar surface area (TPSA) is 84.9 Å². The van der Waals surface area contributed by atoms with E-state index in [0.717, 1.165) is 4.31 Å². The van der Waals surface area contributed by atoms with Gasteiger partial charge in [-0.3, -0.25) is 4.79 Å². The van der Waals surface area contributed by atoms with Crippen molar-refractivity contribution in [2.24, 2.45) is 0 Å². The smallest absolute Gasteiger partial charge is 0.243 e. The zero-order valence-electron chi connectivity index (χ0n) is 15.2. The van der Waals surface area contributed by atoms with E-state index >= 15 is 0 Å². The third-order valence-corrected chi connectivity index (χ3v) is 5.63. The van der Waals surface area contributed by atoms with Crippen molar-refractivity contribution in [2.45, 2.75) is 11.4 Å². The lowest BCUT2D eigenvalue weighted by molar-refractivity contribution is -0.121. The Kier molecular flexibility index (Phi) is 6.75. The van der Waals surface area contributed by atoms with Gasteiger partial charge in [0.2, 0.25) is 15.9 Å². The molecule has 2 aromatic carbocycles. The summed E-state index contributed by atoms with van der Waals surface area (Å²) in [7, 11) is 0.268. The fourth-order valence-electron chi connectivity index (χ4n) is 2.30. The van der Waals surface area contributed by atoms with Crippen LogP contribution < -0.4 is 14.8 Å². The number of benzene rings is 2. The molecule has 1 N–H and O–H groups in total. The monoisotopic (exact) mass is 396 g/mol. The Morgan fingerprint density at radius 2 is 1.70 bits per heavy atom. The second-order valence-corrected chi connectivity index (χ2v) is 7.73. The molecule has 9 heteroatoms. The van der Waals surface area contributed by atoms with Gasteiger partial charge in [-0.25, -0.2) is 12.8 Å². The van der Waals surface area contributed by atoms with Crippen LogP contribution in [0.25, 0.3) is 0 Å². The number of amides is 1. The molecule has 0 saturated heterocycles. The van der Waals surface area contributed by atoms with Crippen molar-refractivity contribution in [3.05, 3.63) is 53.8 Å². The van der Waals surface area contributed by atoms with Gasteiger partial charge in [0.25, 0.3) is 0 Å². The maximum Gasteiger partial charge on any atom is 0.243 e. The maximum absolute atomic E-state index is 12.9. The third-order valence-electron chi connectivity index (χ3n) is 3.83. The van der Waals surface area contributed by atoms with E-state index in [1.165, 1.54) is 51.6 Å². The molecule has 27 heavy (non-hydrogen) atoms. The molecular formula is C18H21FN2O5S. The SMILES string of the molecule is COc1ccc(S(=O)(=O)N(C)CC(=O)NCc2ccc(F)cc2)cc1OC. The van der Waals surface area contributed by atoms with Crippen molar-refractivity contribution in [1.29, 1.82) is 0 Å². The van der Waals surface area contributed by atoms with Crippen LogP contribution in [0.4, 0.5) is 4.39 Å². The summed E-state index contributed by atoms with van der Waals surface area (Å²) in [6.45, 7) is -0.193. The minimum absolute atomic E-state index is 0.0195. The van der Waals surface area contributed by atoms with E-state index in [9.17, 15) is 17.6 Å². The standard InChI is InChI=1S/C18H21FN2O5S/c1-21(12-18(22)20-11-13-4-6-14(19)7-5-13)27(23,24)15-8-9-16(25-2)17(10-15)26-3/h4-10H,11-12H2,1-3H3,(H,20,22). The molecule has 1 amide bonds. The van der Waals surface area contributed by atoms with Gasteiger partial charge in [0.1, 0.15) is 5.82 Å². The fourth-order valence-corrected chi connectivity index (χ4v) is 3.45. The van der Waals surface area contributed by atoms with Crippen molar-refractivity contribution in [2.75, 3.05) is 27.8 Å². The number of halogens is 1. The van der Waals surface area contributed by atoms with Gasteiger partial charge in [-0.1, -0.05) is 12.1 Å². The summed E-state index contributed by atoms with van der Waals surface area (Å²) in [6, 6.07) is 9.85. The molecule has 0 spiro atoms. The second kappa shape index (κ2) is 8.83. The Hall–Kier alpha value is -2.65. The van der Waals surface area contributed by atoms with E-state index in [0.29, 0.717) is 11.3 Å². The molecule has 0 atom stereocenters. The predicted molar refractivity (Wildman–Crippen MR) is 97.6 cm³/mol. The first-order valence-electron chi connectivity index (χ1n) is 7.97. The van der Waals surface area contributed by atoms with Gasteiger partial charge in [-0.15, -0.1) is 0 Å². The molecule has 0 fully saturated rings. The molecule has 7 nitrogen and oxygen atoms in total. The molecule has 0 aliphatic carbocycles. The summed E-state index contributed by atoms with van der Waals surface area (Å²) < 4.78 is 49.3. The second-order valence-electron chi connectivity index (χ2n) is 5.68. The largest absolute Gasteiger partial charge is 0.493 e. The summed E-state index contributed by atoms with van der Waals surface area (Å²) in [6.07, 6.45) is 0. The van der Waals surface area contributed by atoms with Crippen LogP contribution in [0.1, 0.15) is 5.56 Å². The molecule has 146 valence electrons. The van der Waals surface area contributed by atoms with Gasteiger partial charge < -0.3 is 14.8 Å². The zero-order chi connectivity index (χ0) is 20.0. The predicted octanol–water partition coefficient (Wildman–Crippen LogP) is 1.78. The highest BCUT2D eigenvalue weighted by molar-refractivity contribution is 7.89. The first-order chi connectivity index (χ1) is 12.8. The van der Waals surface area contributed by atoms with Crippen molar-refractivity contribution >= 4 is 15.9 Å². The molecule has 2 rings (SSSR count). The zero-order valence-corrected chi connectivity index (χ0v) is 16.0. The van der Waals surface area contributed by atoms with E-state index < -0.39 is 15.9 Å². The number of carbonyl (C=O) groups is 1. The fraction of sp³-hybridized carbons (Fsp3) is 0.278. The number of nitrogens with one attached hydrogen (secondary N) is 1. The van der Waals surface area contributed by atoms with E-state index in [4.69, 9.17) is 9.47 Å². The molecule has 0 bridgehead atoms. The summed E-state index contributed by atoms with van der Waals surface area (Å²) in [5.74, 6) is -0.180. The van der Waals surface area contributed by atoms with Gasteiger partial charge >= 0.3 is 0 Å². The highest BCUT2D eigenvalue weighted by Crippen LogP contribution is 2.30. The Morgan fingerprint density at radius 3 is 2.30 bits per heavy atom. The summed E-state index contributed by atoms with van der Waals surface area (Å²) >= 11 is 0. The number of likely N-dealkylation sites (N-methyl/N-ethyl adjacent to an activating group) is 1. The van der Waals surface area contributed by atoms with Crippen LogP contribution in [0.15, 0.2) is 47.4 Å². The van der Waals surface area contributed by atoms with Crippen LogP contribution in [-0.4, -0.2) is 46.4 Å². The van der Waals surface area contributed by atoms with E-state index in [1.54, 1.807) is 12.1 Å². The molecule has 0 radical (unpaired) electrons. The summed E-state index contributed by atoms with van der Waals surface area (Å²) in [4.78, 5) is 12.0. The van der Waals surface area contributed by atoms with Crippen LogP contribution >= 0.6 is 0 Å². The van der Waals surface area contributed by atoms with Gasteiger partial charge in [0.15, 0.2) is 11.5 Å². The molecule has 0 saturated carbocycles. The number of ether oxygens (including phenoxy) is 2. The highest BCUT2D eigenvalue weighted by Gasteiger charge is 2.24. The number of carbonyl (C=O) groups excluding carboxylic acids is 1. The average Bonchev–Trinajstić information content (AvgIpc) is 2.66. The lowest BCUT2D eigenvalue weighted by atomic mass is 10.2. The number of hydrogen-bond donors (Lipinski definition) is 1. The number of nitrogens with zero attached hydrogens (tertiary/aromatic N) is 1. The normalized spacial score (nSPS) is 11.3. The molecule has 0 aromatic heterocycles. The van der Waals surface area contributed by atoms with Crippen LogP contribution in [0, 0.1) is 5.82 Å². The number of rotatable bonds is 8. The summed E-state index contributed by atoms with van der Waals surface area (Å²) in [5.41, 5.74) is 0.704. The van der Waals surface area contributed by atoms with Crippen molar-refractivity contribution < 1.29 is 27.1 Å². The van der Waals surface area contributed by atoms with Crippen molar-refractivity contribution in [1.82, 2.24) is 9.62 Å². The van der Waals surface area contributed by atoms with Crippen LogP contribution in [0.2, 0.25) is 0 Å². The van der Waals surface area contributed by atoms with Gasteiger partial charge in [0, 0.05) is 19.7 Å². The van der Waals surface area contributed by atoms with Gasteiger partial charge in [-0.05, 0) is 29.8 Å². The Bertz CT molecular complexity index is 900. The van der Waals surface area contributed by atoms with Crippen molar-refractivity contribution in [3.63, 3.8) is 0 Å².